The molecule has 0 saturated carbocycles. The molecule has 0 atom stereocenters. The Balaban J connectivity index is 2.37. The number of phenolic OH excluding ortho intramolecular Hbond substituents is 1. The van der Waals surface area contributed by atoms with Crippen molar-refractivity contribution in [3.63, 3.8) is 0 Å². The van der Waals surface area contributed by atoms with Gasteiger partial charge in [0.15, 0.2) is 6.29 Å². The number of benzene rings is 1. The van der Waals surface area contributed by atoms with Gasteiger partial charge in [0.1, 0.15) is 11.6 Å². The summed E-state index contributed by atoms with van der Waals surface area (Å²) in [6, 6.07) is 12.3. The van der Waals surface area contributed by atoms with Crippen LogP contribution in [0.5, 0.6) is 5.75 Å². The number of carbonyl (C=O) groups excluding carboxylic acids is 1. The number of rotatable bonds is 2. The molecule has 18 heavy (non-hydrogen) atoms. The molecule has 1 N–H and O–H groups in total. The van der Waals surface area contributed by atoms with Crippen LogP contribution in [0.3, 0.4) is 0 Å². The van der Waals surface area contributed by atoms with Gasteiger partial charge in [0.25, 0.3) is 0 Å². The van der Waals surface area contributed by atoms with Gasteiger partial charge in [-0.15, -0.1) is 0 Å². The SMILES string of the molecule is O=Cc1cccc2cnc(-c3ccccc3O)n12. The summed E-state index contributed by atoms with van der Waals surface area (Å²) in [6.07, 6.45) is 2.45. The fourth-order valence-electron chi connectivity index (χ4n) is 2.02. The molecule has 0 unspecified atom stereocenters. The van der Waals surface area contributed by atoms with Gasteiger partial charge in [0.2, 0.25) is 0 Å². The van der Waals surface area contributed by atoms with E-state index in [4.69, 9.17) is 0 Å². The van der Waals surface area contributed by atoms with Crippen molar-refractivity contribution in [1.82, 2.24) is 9.38 Å². The Hall–Kier alpha value is -2.62. The summed E-state index contributed by atoms with van der Waals surface area (Å²) >= 11 is 0. The molecular formula is C14H10N2O2. The van der Waals surface area contributed by atoms with Crippen molar-refractivity contribution >= 4 is 11.8 Å². The number of para-hydroxylation sites is 1. The smallest absolute Gasteiger partial charge is 0.166 e. The van der Waals surface area contributed by atoms with Crippen LogP contribution in [0.15, 0.2) is 48.7 Å². The number of hydrogen-bond acceptors (Lipinski definition) is 3. The van der Waals surface area contributed by atoms with Crippen molar-refractivity contribution in [3.8, 4) is 17.1 Å². The number of aromatic nitrogens is 2. The molecule has 0 spiro atoms. The topological polar surface area (TPSA) is 54.6 Å². The minimum atomic E-state index is 0.144. The van der Waals surface area contributed by atoms with Crippen molar-refractivity contribution in [2.24, 2.45) is 0 Å². The summed E-state index contributed by atoms with van der Waals surface area (Å²) in [5.41, 5.74) is 1.92. The Kier molecular flexibility index (Phi) is 2.34. The fourth-order valence-corrected chi connectivity index (χ4v) is 2.02. The molecule has 3 rings (SSSR count). The number of hydrogen-bond donors (Lipinski definition) is 1. The molecule has 88 valence electrons. The first-order valence-corrected chi connectivity index (χ1v) is 5.51. The summed E-state index contributed by atoms with van der Waals surface area (Å²) < 4.78 is 1.72. The molecule has 3 aromatic rings. The first-order chi connectivity index (χ1) is 8.81. The second-order valence-electron chi connectivity index (χ2n) is 3.93. The number of fused-ring (bicyclic) bond motifs is 1. The third-order valence-electron chi connectivity index (χ3n) is 2.85. The van der Waals surface area contributed by atoms with E-state index in [0.29, 0.717) is 17.1 Å². The third-order valence-corrected chi connectivity index (χ3v) is 2.85. The molecule has 0 amide bonds. The molecule has 0 aliphatic heterocycles. The van der Waals surface area contributed by atoms with E-state index in [0.717, 1.165) is 11.8 Å². The van der Waals surface area contributed by atoms with E-state index >= 15 is 0 Å². The van der Waals surface area contributed by atoms with E-state index in [1.165, 1.54) is 0 Å². The molecule has 0 fully saturated rings. The molecule has 0 radical (unpaired) electrons. The number of pyridine rings is 1. The van der Waals surface area contributed by atoms with Gasteiger partial charge in [-0.2, -0.15) is 0 Å². The lowest BCUT2D eigenvalue weighted by molar-refractivity contribution is 0.111. The van der Waals surface area contributed by atoms with Crippen molar-refractivity contribution in [2.75, 3.05) is 0 Å². The Morgan fingerprint density at radius 3 is 2.72 bits per heavy atom. The van der Waals surface area contributed by atoms with Gasteiger partial charge in [0.05, 0.1) is 23.0 Å². The van der Waals surface area contributed by atoms with Crippen LogP contribution in [0.4, 0.5) is 0 Å². The van der Waals surface area contributed by atoms with Gasteiger partial charge in [-0.05, 0) is 24.3 Å². The Morgan fingerprint density at radius 1 is 1.11 bits per heavy atom. The maximum absolute atomic E-state index is 11.1. The highest BCUT2D eigenvalue weighted by Gasteiger charge is 2.12. The van der Waals surface area contributed by atoms with Crippen LogP contribution in [0, 0.1) is 0 Å². The Morgan fingerprint density at radius 2 is 1.94 bits per heavy atom. The second-order valence-corrected chi connectivity index (χ2v) is 3.93. The second kappa shape index (κ2) is 4.00. The van der Waals surface area contributed by atoms with Crippen molar-refractivity contribution in [1.29, 1.82) is 0 Å². The number of aldehydes is 1. The van der Waals surface area contributed by atoms with Gasteiger partial charge < -0.3 is 5.11 Å². The molecule has 2 heterocycles. The maximum atomic E-state index is 11.1. The highest BCUT2D eigenvalue weighted by Crippen LogP contribution is 2.28. The molecule has 1 aromatic carbocycles. The Bertz CT molecular complexity index is 731. The van der Waals surface area contributed by atoms with Crippen LogP contribution in [-0.4, -0.2) is 20.8 Å². The fraction of sp³-hybridized carbons (Fsp3) is 0. The Labute approximate surface area is 103 Å². The molecule has 0 aliphatic rings. The van der Waals surface area contributed by atoms with Crippen LogP contribution in [0.1, 0.15) is 10.5 Å². The molecule has 0 bridgehead atoms. The van der Waals surface area contributed by atoms with Gasteiger partial charge in [-0.25, -0.2) is 4.98 Å². The highest BCUT2D eigenvalue weighted by molar-refractivity contribution is 5.78. The zero-order valence-corrected chi connectivity index (χ0v) is 9.45. The van der Waals surface area contributed by atoms with Crippen molar-refractivity contribution in [2.45, 2.75) is 0 Å². The molecule has 4 nitrogen and oxygen atoms in total. The third kappa shape index (κ3) is 1.47. The van der Waals surface area contributed by atoms with Crippen LogP contribution in [-0.2, 0) is 0 Å². The van der Waals surface area contributed by atoms with E-state index in [-0.39, 0.29) is 5.75 Å². The van der Waals surface area contributed by atoms with Crippen molar-refractivity contribution < 1.29 is 9.90 Å². The standard InChI is InChI=1S/C14H10N2O2/c17-9-11-5-3-4-10-8-15-14(16(10)11)12-6-1-2-7-13(12)18/h1-9,18H. The summed E-state index contributed by atoms with van der Waals surface area (Å²) in [5, 5.41) is 9.86. The molecule has 0 saturated heterocycles. The number of phenols is 1. The lowest BCUT2D eigenvalue weighted by Gasteiger charge is -2.05. The monoisotopic (exact) mass is 238 g/mol. The average Bonchev–Trinajstić information content (AvgIpc) is 2.83. The largest absolute Gasteiger partial charge is 0.507 e. The van der Waals surface area contributed by atoms with E-state index in [2.05, 4.69) is 4.98 Å². The quantitative estimate of drug-likeness (QED) is 0.698. The lowest BCUT2D eigenvalue weighted by atomic mass is 10.2. The van der Waals surface area contributed by atoms with Crippen LogP contribution >= 0.6 is 0 Å². The average molecular weight is 238 g/mol. The molecule has 4 heteroatoms. The van der Waals surface area contributed by atoms with E-state index in [1.54, 1.807) is 40.9 Å². The van der Waals surface area contributed by atoms with Gasteiger partial charge in [-0.3, -0.25) is 9.20 Å². The van der Waals surface area contributed by atoms with Crippen molar-refractivity contribution in [3.05, 3.63) is 54.4 Å². The lowest BCUT2D eigenvalue weighted by Crippen LogP contribution is -1.97. The summed E-state index contributed by atoms with van der Waals surface area (Å²) in [6.45, 7) is 0. The number of carbonyl (C=O) groups is 1. The predicted octanol–water partition coefficient (Wildman–Crippen LogP) is 2.52. The zero-order valence-electron chi connectivity index (χ0n) is 9.45. The minimum absolute atomic E-state index is 0.144. The summed E-state index contributed by atoms with van der Waals surface area (Å²) in [4.78, 5) is 15.4. The van der Waals surface area contributed by atoms with E-state index in [1.807, 2.05) is 12.1 Å². The summed E-state index contributed by atoms with van der Waals surface area (Å²) in [7, 11) is 0. The van der Waals surface area contributed by atoms with Crippen LogP contribution in [0.2, 0.25) is 0 Å². The van der Waals surface area contributed by atoms with Crippen LogP contribution < -0.4 is 0 Å². The minimum Gasteiger partial charge on any atom is -0.507 e. The van der Waals surface area contributed by atoms with E-state index in [9.17, 15) is 9.90 Å². The van der Waals surface area contributed by atoms with Gasteiger partial charge >= 0.3 is 0 Å². The van der Waals surface area contributed by atoms with Gasteiger partial charge in [-0.1, -0.05) is 18.2 Å². The first kappa shape index (κ1) is 10.5. The zero-order chi connectivity index (χ0) is 12.5. The molecular weight excluding hydrogens is 228 g/mol. The van der Waals surface area contributed by atoms with E-state index < -0.39 is 0 Å². The maximum Gasteiger partial charge on any atom is 0.166 e. The number of nitrogens with zero attached hydrogens (tertiary/aromatic N) is 2. The normalized spacial score (nSPS) is 10.7. The predicted molar refractivity (Wildman–Crippen MR) is 67.7 cm³/mol. The first-order valence-electron chi connectivity index (χ1n) is 5.51. The molecule has 2 aromatic heterocycles. The number of aromatic hydroxyl groups is 1. The molecule has 0 aliphatic carbocycles. The number of imidazole rings is 1. The highest BCUT2D eigenvalue weighted by atomic mass is 16.3. The summed E-state index contributed by atoms with van der Waals surface area (Å²) in [5.74, 6) is 0.705. The van der Waals surface area contributed by atoms with Crippen LogP contribution in [0.25, 0.3) is 16.9 Å². The van der Waals surface area contributed by atoms with Gasteiger partial charge in [0, 0.05) is 0 Å².